The fourth-order valence-corrected chi connectivity index (χ4v) is 1.45. The van der Waals surface area contributed by atoms with Gasteiger partial charge in [-0.2, -0.15) is 0 Å². The van der Waals surface area contributed by atoms with Gasteiger partial charge in [0.05, 0.1) is 6.04 Å². The molecule has 4 nitrogen and oxygen atoms in total. The minimum Gasteiger partial charge on any atom is -0.374 e. The number of nitrogen functional groups attached to an aromatic ring is 1. The predicted octanol–water partition coefficient (Wildman–Crippen LogP) is 1.62. The number of anilines is 1. The Bertz CT molecular complexity index is 240. The first-order chi connectivity index (χ1) is 5.11. The number of nitrogens with two attached hydrogens (primary N) is 2. The van der Waals surface area contributed by atoms with Crippen LogP contribution >= 0.6 is 36.2 Å². The van der Waals surface area contributed by atoms with Crippen LogP contribution in [0, 0.1) is 5.92 Å². The van der Waals surface area contributed by atoms with Crippen LogP contribution in [0.3, 0.4) is 0 Å². The lowest BCUT2D eigenvalue weighted by Crippen LogP contribution is -2.16. The third kappa shape index (κ3) is 4.08. The van der Waals surface area contributed by atoms with E-state index in [9.17, 15) is 0 Å². The van der Waals surface area contributed by atoms with Gasteiger partial charge in [0.15, 0.2) is 0 Å². The molecule has 13 heavy (non-hydrogen) atoms. The highest BCUT2D eigenvalue weighted by Crippen LogP contribution is 2.22. The maximum absolute atomic E-state index is 5.80. The molecule has 1 aromatic rings. The van der Waals surface area contributed by atoms with E-state index in [1.807, 2.05) is 13.8 Å². The van der Waals surface area contributed by atoms with Gasteiger partial charge in [-0.05, 0) is 5.92 Å². The Hall–Kier alpha value is -0.100. The molecule has 78 valence electrons. The van der Waals surface area contributed by atoms with Crippen molar-refractivity contribution >= 4 is 41.3 Å². The molecule has 0 amide bonds. The second-order valence-corrected chi connectivity index (χ2v) is 3.79. The zero-order chi connectivity index (χ0) is 8.43. The molecule has 0 fully saturated rings. The van der Waals surface area contributed by atoms with Crippen molar-refractivity contribution in [3.8, 4) is 0 Å². The van der Waals surface area contributed by atoms with Gasteiger partial charge in [0, 0.05) is 0 Å². The van der Waals surface area contributed by atoms with Crippen molar-refractivity contribution in [2.24, 2.45) is 11.7 Å². The highest BCUT2D eigenvalue weighted by molar-refractivity contribution is 7.15. The van der Waals surface area contributed by atoms with Crippen LogP contribution in [-0.2, 0) is 0 Å². The standard InChI is InChI=1S/C6H12N4S.2ClH/c1-3(2)4(7)5-9-10-6(8)11-5;;/h3-4H,7H2,1-2H3,(H2,8,10);2*1H. The molecule has 1 rings (SSSR count). The lowest BCUT2D eigenvalue weighted by atomic mass is 10.1. The first-order valence-electron chi connectivity index (χ1n) is 3.45. The van der Waals surface area contributed by atoms with Crippen molar-refractivity contribution < 1.29 is 0 Å². The van der Waals surface area contributed by atoms with Crippen LogP contribution in [0.1, 0.15) is 24.9 Å². The van der Waals surface area contributed by atoms with E-state index in [2.05, 4.69) is 10.2 Å². The summed E-state index contributed by atoms with van der Waals surface area (Å²) in [5.41, 5.74) is 11.2. The van der Waals surface area contributed by atoms with Crippen molar-refractivity contribution in [2.75, 3.05) is 5.73 Å². The molecule has 0 aliphatic rings. The van der Waals surface area contributed by atoms with Crippen molar-refractivity contribution in [3.63, 3.8) is 0 Å². The Morgan fingerprint density at radius 2 is 1.77 bits per heavy atom. The van der Waals surface area contributed by atoms with Crippen LogP contribution in [0.15, 0.2) is 0 Å². The summed E-state index contributed by atoms with van der Waals surface area (Å²) in [6.07, 6.45) is 0. The Morgan fingerprint density at radius 1 is 1.23 bits per heavy atom. The fraction of sp³-hybridized carbons (Fsp3) is 0.667. The lowest BCUT2D eigenvalue weighted by molar-refractivity contribution is 0.509. The predicted molar refractivity (Wildman–Crippen MR) is 60.6 cm³/mol. The lowest BCUT2D eigenvalue weighted by Gasteiger charge is -2.10. The molecule has 0 saturated heterocycles. The van der Waals surface area contributed by atoms with Gasteiger partial charge in [-0.3, -0.25) is 0 Å². The molecule has 4 N–H and O–H groups in total. The number of hydrogen-bond donors (Lipinski definition) is 2. The summed E-state index contributed by atoms with van der Waals surface area (Å²) in [5.74, 6) is 0.377. The molecule has 0 aliphatic carbocycles. The highest BCUT2D eigenvalue weighted by atomic mass is 35.5. The van der Waals surface area contributed by atoms with Gasteiger partial charge in [0.2, 0.25) is 5.13 Å². The number of rotatable bonds is 2. The molecule has 1 atom stereocenters. The first-order valence-corrected chi connectivity index (χ1v) is 4.27. The van der Waals surface area contributed by atoms with Gasteiger partial charge in [-0.1, -0.05) is 25.2 Å². The van der Waals surface area contributed by atoms with Crippen LogP contribution in [0.5, 0.6) is 0 Å². The first kappa shape index (κ1) is 15.4. The average molecular weight is 245 g/mol. The SMILES string of the molecule is CC(C)C(N)c1nnc(N)s1.Cl.Cl. The molecule has 0 spiro atoms. The van der Waals surface area contributed by atoms with E-state index in [4.69, 9.17) is 11.5 Å². The fourth-order valence-electron chi connectivity index (χ4n) is 0.666. The summed E-state index contributed by atoms with van der Waals surface area (Å²) in [7, 11) is 0. The third-order valence-electron chi connectivity index (χ3n) is 1.46. The molecule has 0 saturated carbocycles. The van der Waals surface area contributed by atoms with Gasteiger partial charge in [-0.15, -0.1) is 35.0 Å². The summed E-state index contributed by atoms with van der Waals surface area (Å²) in [6, 6.07) is -0.0372. The van der Waals surface area contributed by atoms with E-state index >= 15 is 0 Å². The maximum atomic E-state index is 5.80. The van der Waals surface area contributed by atoms with Crippen molar-refractivity contribution in [1.82, 2.24) is 10.2 Å². The molecule has 7 heteroatoms. The second-order valence-electron chi connectivity index (χ2n) is 2.75. The van der Waals surface area contributed by atoms with Gasteiger partial charge >= 0.3 is 0 Å². The van der Waals surface area contributed by atoms with E-state index in [1.165, 1.54) is 11.3 Å². The molecule has 0 aliphatic heterocycles. The zero-order valence-electron chi connectivity index (χ0n) is 7.43. The summed E-state index contributed by atoms with van der Waals surface area (Å²) < 4.78 is 0. The number of halogens is 2. The number of aromatic nitrogens is 2. The van der Waals surface area contributed by atoms with Crippen LogP contribution in [0.25, 0.3) is 0 Å². The molecule has 1 unspecified atom stereocenters. The van der Waals surface area contributed by atoms with Crippen LogP contribution < -0.4 is 11.5 Å². The molecule has 0 aromatic carbocycles. The van der Waals surface area contributed by atoms with Gasteiger partial charge < -0.3 is 11.5 Å². The van der Waals surface area contributed by atoms with Crippen LogP contribution in [-0.4, -0.2) is 10.2 Å². The molecule has 1 heterocycles. The Balaban J connectivity index is 0. The Labute approximate surface area is 93.9 Å². The summed E-state index contributed by atoms with van der Waals surface area (Å²) in [6.45, 7) is 4.09. The molecule has 0 bridgehead atoms. The average Bonchev–Trinajstić information content (AvgIpc) is 2.34. The largest absolute Gasteiger partial charge is 0.374 e. The third-order valence-corrected chi connectivity index (χ3v) is 2.31. The van der Waals surface area contributed by atoms with Gasteiger partial charge in [0.25, 0.3) is 0 Å². The second kappa shape index (κ2) is 6.37. The number of nitrogens with zero attached hydrogens (tertiary/aromatic N) is 2. The van der Waals surface area contributed by atoms with Crippen LogP contribution in [0.2, 0.25) is 0 Å². The van der Waals surface area contributed by atoms with Crippen LogP contribution in [0.4, 0.5) is 5.13 Å². The van der Waals surface area contributed by atoms with E-state index < -0.39 is 0 Å². The van der Waals surface area contributed by atoms with Crippen molar-refractivity contribution in [2.45, 2.75) is 19.9 Å². The summed E-state index contributed by atoms with van der Waals surface area (Å²) in [4.78, 5) is 0. The molecule has 0 radical (unpaired) electrons. The smallest absolute Gasteiger partial charge is 0.203 e. The van der Waals surface area contributed by atoms with Crippen molar-refractivity contribution in [1.29, 1.82) is 0 Å². The quantitative estimate of drug-likeness (QED) is 0.829. The topological polar surface area (TPSA) is 77.8 Å². The maximum Gasteiger partial charge on any atom is 0.203 e. The minimum atomic E-state index is -0.0372. The monoisotopic (exact) mass is 244 g/mol. The Kier molecular flexibility index (Phi) is 7.53. The Morgan fingerprint density at radius 3 is 2.08 bits per heavy atom. The zero-order valence-corrected chi connectivity index (χ0v) is 9.88. The summed E-state index contributed by atoms with van der Waals surface area (Å²) in [5, 5.41) is 8.84. The molecular weight excluding hydrogens is 231 g/mol. The van der Waals surface area contributed by atoms with E-state index in [0.29, 0.717) is 11.0 Å². The molecule has 1 aromatic heterocycles. The van der Waals surface area contributed by atoms with E-state index in [-0.39, 0.29) is 30.9 Å². The highest BCUT2D eigenvalue weighted by Gasteiger charge is 2.14. The summed E-state index contributed by atoms with van der Waals surface area (Å²) >= 11 is 1.35. The van der Waals surface area contributed by atoms with E-state index in [0.717, 1.165) is 5.01 Å². The van der Waals surface area contributed by atoms with Gasteiger partial charge in [-0.25, -0.2) is 0 Å². The molecular formula is C6H14Cl2N4S. The van der Waals surface area contributed by atoms with Crippen molar-refractivity contribution in [3.05, 3.63) is 5.01 Å². The number of hydrogen-bond acceptors (Lipinski definition) is 5. The van der Waals surface area contributed by atoms with E-state index in [1.54, 1.807) is 0 Å². The normalized spacial score (nSPS) is 11.7. The minimum absolute atomic E-state index is 0. The van der Waals surface area contributed by atoms with Gasteiger partial charge in [0.1, 0.15) is 5.01 Å².